The number of carbonyl (C=O) groups is 2. The van der Waals surface area contributed by atoms with Gasteiger partial charge >= 0.3 is 22.1 Å². The molecule has 0 heterocycles. The number of hydrogen-bond acceptors (Lipinski definition) is 6. The van der Waals surface area contributed by atoms with Gasteiger partial charge < -0.3 is 9.47 Å². The van der Waals surface area contributed by atoms with Crippen LogP contribution in [0.2, 0.25) is 0 Å². The maximum absolute atomic E-state index is 14.4. The van der Waals surface area contributed by atoms with E-state index < -0.39 is 56.0 Å². The zero-order chi connectivity index (χ0) is 28.8. The lowest BCUT2D eigenvalue weighted by molar-refractivity contribution is 0.0717. The minimum absolute atomic E-state index is 0.0131. The van der Waals surface area contributed by atoms with Crippen LogP contribution in [0.25, 0.3) is 10.8 Å². The fourth-order valence-electron chi connectivity index (χ4n) is 3.48. The summed E-state index contributed by atoms with van der Waals surface area (Å²) in [6.45, 7) is 0. The minimum atomic E-state index is -5.70. The van der Waals surface area contributed by atoms with Crippen molar-refractivity contribution in [1.82, 2.24) is 0 Å². The van der Waals surface area contributed by atoms with E-state index in [1.54, 1.807) is 18.2 Å². The number of ether oxygens (including phenoxy) is 2. The molecule has 202 valence electrons. The number of halogens is 7. The fraction of sp³-hybridized carbons (Fsp3) is 0. The largest absolute Gasteiger partial charge is 0.422 e. The smallest absolute Gasteiger partial charge is 0.345 e. The average molecular weight is 757 g/mol. The van der Waals surface area contributed by atoms with Crippen molar-refractivity contribution in [2.24, 2.45) is 0 Å². The summed E-state index contributed by atoms with van der Waals surface area (Å²) in [5.74, 6) is -13.9. The van der Waals surface area contributed by atoms with Gasteiger partial charge in [0.15, 0.2) is 16.5 Å². The molecule has 0 saturated carbocycles. The van der Waals surface area contributed by atoms with Crippen molar-refractivity contribution in [2.75, 3.05) is 0 Å². The molecule has 0 aliphatic heterocycles. The van der Waals surface area contributed by atoms with Crippen molar-refractivity contribution in [2.45, 2.75) is 4.90 Å². The molecule has 0 atom stereocenters. The zero-order valence-electron chi connectivity index (χ0n) is 18.6. The van der Waals surface area contributed by atoms with Crippen LogP contribution in [-0.4, -0.2) is 24.9 Å². The minimum Gasteiger partial charge on any atom is -0.422 e. The Morgan fingerprint density at radius 1 is 0.744 bits per heavy atom. The van der Waals surface area contributed by atoms with Crippen LogP contribution >= 0.6 is 47.8 Å². The third-order valence-electron chi connectivity index (χ3n) is 5.15. The van der Waals surface area contributed by atoms with Gasteiger partial charge in [-0.1, -0.05) is 40.2 Å². The second-order valence-electron chi connectivity index (χ2n) is 7.57. The standard InChI is InChI=1S/C24H9Br3F4O7S/c25-9-7-13(26)16(14(27)8-9)24(33)37-15-6-5-12(10-3-1-2-4-11(10)15)23(32)38-21-17(28)19(30)22(39(34,35)36)20(31)18(21)29/h1-8H,(H,34,35,36). The Balaban J connectivity index is 1.74. The molecule has 0 bridgehead atoms. The van der Waals surface area contributed by atoms with Crippen molar-refractivity contribution in [3.63, 3.8) is 0 Å². The molecule has 0 amide bonds. The van der Waals surface area contributed by atoms with E-state index in [9.17, 15) is 35.6 Å². The molecule has 0 fully saturated rings. The van der Waals surface area contributed by atoms with E-state index >= 15 is 0 Å². The first-order valence-electron chi connectivity index (χ1n) is 10.2. The third-order valence-corrected chi connectivity index (χ3v) is 7.74. The number of benzene rings is 4. The predicted octanol–water partition coefficient (Wildman–Crippen LogP) is 7.37. The summed E-state index contributed by atoms with van der Waals surface area (Å²) in [5.41, 5.74) is -0.205. The van der Waals surface area contributed by atoms with Crippen LogP contribution in [0, 0.1) is 23.3 Å². The quantitative estimate of drug-likeness (QED) is 0.0746. The van der Waals surface area contributed by atoms with Gasteiger partial charge in [0, 0.05) is 18.8 Å². The van der Waals surface area contributed by atoms with Crippen LogP contribution < -0.4 is 9.47 Å². The van der Waals surface area contributed by atoms with Crippen molar-refractivity contribution in [3.05, 3.63) is 96.3 Å². The zero-order valence-corrected chi connectivity index (χ0v) is 24.1. The lowest BCUT2D eigenvalue weighted by atomic mass is 10.0. The summed E-state index contributed by atoms with van der Waals surface area (Å²) >= 11 is 9.84. The van der Waals surface area contributed by atoms with Crippen LogP contribution in [0.5, 0.6) is 11.5 Å². The van der Waals surface area contributed by atoms with E-state index in [1.165, 1.54) is 24.3 Å². The highest BCUT2D eigenvalue weighted by atomic mass is 79.9. The fourth-order valence-corrected chi connectivity index (χ4v) is 6.70. The normalized spacial score (nSPS) is 11.5. The van der Waals surface area contributed by atoms with E-state index in [-0.39, 0.29) is 27.6 Å². The Morgan fingerprint density at radius 3 is 1.82 bits per heavy atom. The van der Waals surface area contributed by atoms with Crippen molar-refractivity contribution < 1.29 is 49.6 Å². The summed E-state index contributed by atoms with van der Waals surface area (Å²) < 4.78 is 99.7. The van der Waals surface area contributed by atoms with E-state index in [4.69, 9.17) is 9.29 Å². The van der Waals surface area contributed by atoms with E-state index in [0.717, 1.165) is 6.07 Å². The molecule has 15 heteroatoms. The molecule has 0 spiro atoms. The topological polar surface area (TPSA) is 107 Å². The van der Waals surface area contributed by atoms with E-state index in [0.29, 0.717) is 13.4 Å². The Hall–Kier alpha value is -2.85. The molecule has 4 aromatic rings. The van der Waals surface area contributed by atoms with Gasteiger partial charge in [0.25, 0.3) is 0 Å². The highest BCUT2D eigenvalue weighted by Gasteiger charge is 2.34. The molecular weight excluding hydrogens is 748 g/mol. The van der Waals surface area contributed by atoms with Crippen LogP contribution in [0.1, 0.15) is 20.7 Å². The Kier molecular flexibility index (Phi) is 8.19. The van der Waals surface area contributed by atoms with Crippen LogP contribution in [0.4, 0.5) is 17.6 Å². The molecule has 7 nitrogen and oxygen atoms in total. The second kappa shape index (κ2) is 11.0. The monoisotopic (exact) mass is 754 g/mol. The average Bonchev–Trinajstić information content (AvgIpc) is 2.84. The molecule has 4 aromatic carbocycles. The number of esters is 2. The maximum atomic E-state index is 14.4. The summed E-state index contributed by atoms with van der Waals surface area (Å²) in [6, 6.07) is 11.4. The van der Waals surface area contributed by atoms with E-state index in [1.807, 2.05) is 0 Å². The molecule has 0 aliphatic carbocycles. The van der Waals surface area contributed by atoms with Crippen molar-refractivity contribution in [1.29, 1.82) is 0 Å². The lowest BCUT2D eigenvalue weighted by Gasteiger charge is -2.14. The first kappa shape index (κ1) is 29.1. The third kappa shape index (κ3) is 5.59. The van der Waals surface area contributed by atoms with Gasteiger partial charge in [0.1, 0.15) is 5.75 Å². The van der Waals surface area contributed by atoms with Crippen LogP contribution in [-0.2, 0) is 10.1 Å². The number of fused-ring (bicyclic) bond motifs is 1. The van der Waals surface area contributed by atoms with Gasteiger partial charge in [-0.25, -0.2) is 18.4 Å². The van der Waals surface area contributed by atoms with Gasteiger partial charge in [-0.2, -0.15) is 17.2 Å². The predicted molar refractivity (Wildman–Crippen MR) is 139 cm³/mol. The number of carbonyl (C=O) groups excluding carboxylic acids is 2. The molecule has 0 unspecified atom stereocenters. The summed E-state index contributed by atoms with van der Waals surface area (Å²) in [4.78, 5) is 23.4. The van der Waals surface area contributed by atoms with Gasteiger partial charge in [-0.3, -0.25) is 4.55 Å². The van der Waals surface area contributed by atoms with Gasteiger partial charge in [0.05, 0.1) is 11.1 Å². The molecule has 0 aliphatic rings. The molecule has 39 heavy (non-hydrogen) atoms. The molecule has 0 aromatic heterocycles. The van der Waals surface area contributed by atoms with E-state index in [2.05, 4.69) is 52.5 Å². The Bertz CT molecular complexity index is 1760. The van der Waals surface area contributed by atoms with Crippen molar-refractivity contribution in [3.8, 4) is 11.5 Å². The first-order valence-corrected chi connectivity index (χ1v) is 14.0. The lowest BCUT2D eigenvalue weighted by Crippen LogP contribution is -2.16. The first-order chi connectivity index (χ1) is 18.2. The summed E-state index contributed by atoms with van der Waals surface area (Å²) in [6.07, 6.45) is 0. The van der Waals surface area contributed by atoms with Gasteiger partial charge in [-0.05, 0) is 61.5 Å². The molecule has 0 radical (unpaired) electrons. The number of rotatable bonds is 5. The highest BCUT2D eigenvalue weighted by Crippen LogP contribution is 2.36. The molecule has 4 rings (SSSR count). The van der Waals surface area contributed by atoms with Gasteiger partial charge in [-0.15, -0.1) is 0 Å². The molecule has 0 saturated heterocycles. The second-order valence-corrected chi connectivity index (χ2v) is 11.6. The van der Waals surface area contributed by atoms with Crippen molar-refractivity contribution >= 4 is 80.6 Å². The maximum Gasteiger partial charge on any atom is 0.345 e. The summed E-state index contributed by atoms with van der Waals surface area (Å²) in [5, 5.41) is 0.253. The van der Waals surface area contributed by atoms with Crippen LogP contribution in [0.15, 0.2) is 66.8 Å². The van der Waals surface area contributed by atoms with Gasteiger partial charge in [0.2, 0.25) is 17.4 Å². The molecular formula is C24H9Br3F4O7S. The molecule has 1 N–H and O–H groups in total. The summed E-state index contributed by atoms with van der Waals surface area (Å²) in [7, 11) is -5.70. The Morgan fingerprint density at radius 2 is 1.28 bits per heavy atom. The highest BCUT2D eigenvalue weighted by molar-refractivity contribution is 9.11. The number of hydrogen-bond donors (Lipinski definition) is 1. The SMILES string of the molecule is O=C(Oc1ccc(C(=O)Oc2c(F)c(F)c(S(=O)(=O)O)c(F)c2F)c2ccccc12)c1c(Br)cc(Br)cc1Br. The van der Waals surface area contributed by atoms with Crippen LogP contribution in [0.3, 0.4) is 0 Å². The Labute approximate surface area is 241 Å².